The Morgan fingerprint density at radius 1 is 1.47 bits per heavy atom. The lowest BCUT2D eigenvalue weighted by Gasteiger charge is -2.03. The van der Waals surface area contributed by atoms with Crippen LogP contribution in [-0.4, -0.2) is 33.4 Å². The molecule has 0 amide bonds. The number of hydrogen-bond donors (Lipinski definition) is 3. The lowest BCUT2D eigenvalue weighted by molar-refractivity contribution is 0.0622. The Morgan fingerprint density at radius 3 is 3.00 bits per heavy atom. The van der Waals surface area contributed by atoms with Gasteiger partial charge in [0, 0.05) is 0 Å². The zero-order chi connectivity index (χ0) is 10.8. The van der Waals surface area contributed by atoms with Crippen molar-refractivity contribution in [3.05, 3.63) is 18.2 Å². The number of phenolic OH excluding ortho intramolecular Hbond substituents is 1. The fourth-order valence-electron chi connectivity index (χ4n) is 1.33. The molecule has 2 rings (SSSR count). The minimum absolute atomic E-state index is 0.0979. The monoisotopic (exact) mass is 209 g/mol. The molecule has 1 heterocycles. The van der Waals surface area contributed by atoms with E-state index in [4.69, 9.17) is 15.7 Å². The normalized spacial score (nSPS) is 10.7. The quantitative estimate of drug-likeness (QED) is 0.647. The van der Waals surface area contributed by atoms with Crippen molar-refractivity contribution in [3.8, 4) is 5.75 Å². The van der Waals surface area contributed by atoms with E-state index in [-0.39, 0.29) is 24.8 Å². The molecule has 0 saturated carbocycles. The number of nitrogens with zero attached hydrogens (tertiary/aromatic N) is 2. The number of rotatable bonds is 3. The first kappa shape index (κ1) is 9.60. The van der Waals surface area contributed by atoms with E-state index in [9.17, 15) is 5.11 Å². The first-order valence-electron chi connectivity index (χ1n) is 4.44. The van der Waals surface area contributed by atoms with Crippen LogP contribution in [0.3, 0.4) is 0 Å². The maximum absolute atomic E-state index is 9.27. The minimum Gasteiger partial charge on any atom is -0.508 e. The zero-order valence-electron chi connectivity index (χ0n) is 7.92. The Balaban J connectivity index is 2.48. The molecule has 0 atom stereocenters. The van der Waals surface area contributed by atoms with Gasteiger partial charge in [0.15, 0.2) is 5.82 Å². The lowest BCUT2D eigenvalue weighted by Crippen LogP contribution is -2.16. The fraction of sp³-hybridized carbons (Fsp3) is 0.222. The predicted octanol–water partition coefficient (Wildman–Crippen LogP) is -0.255. The second kappa shape index (κ2) is 3.66. The molecule has 0 fully saturated rings. The van der Waals surface area contributed by atoms with E-state index < -0.39 is 0 Å². The highest BCUT2D eigenvalue weighted by molar-refractivity contribution is 5.89. The number of aliphatic hydroxyl groups excluding tert-OH is 1. The van der Waals surface area contributed by atoms with Crippen molar-refractivity contribution in [2.45, 2.75) is 0 Å². The summed E-state index contributed by atoms with van der Waals surface area (Å²) >= 11 is 0. The summed E-state index contributed by atoms with van der Waals surface area (Å²) in [6.07, 6.45) is 0. The summed E-state index contributed by atoms with van der Waals surface area (Å²) in [4.78, 5) is 6.36. The van der Waals surface area contributed by atoms with Gasteiger partial charge in [0.1, 0.15) is 17.9 Å². The Kier molecular flexibility index (Phi) is 2.34. The number of aliphatic hydroxyl groups is 1. The highest BCUT2D eigenvalue weighted by atomic mass is 16.7. The van der Waals surface area contributed by atoms with E-state index in [0.29, 0.717) is 10.9 Å². The number of nitrogens with two attached hydrogens (primary N) is 1. The van der Waals surface area contributed by atoms with Gasteiger partial charge in [-0.25, -0.2) is 0 Å². The number of anilines is 1. The fourth-order valence-corrected chi connectivity index (χ4v) is 1.33. The zero-order valence-corrected chi connectivity index (χ0v) is 7.92. The van der Waals surface area contributed by atoms with Gasteiger partial charge in [-0.1, -0.05) is 4.85 Å². The molecule has 0 unspecified atom stereocenters. The van der Waals surface area contributed by atoms with E-state index in [2.05, 4.69) is 5.10 Å². The molecular formula is C9H11N3O3. The van der Waals surface area contributed by atoms with Crippen molar-refractivity contribution in [1.29, 1.82) is 0 Å². The number of fused-ring (bicyclic) bond motifs is 1. The van der Waals surface area contributed by atoms with Crippen molar-refractivity contribution in [2.75, 3.05) is 18.9 Å². The summed E-state index contributed by atoms with van der Waals surface area (Å²) < 4.78 is 0. The second-order valence-electron chi connectivity index (χ2n) is 3.02. The van der Waals surface area contributed by atoms with Crippen molar-refractivity contribution in [3.63, 3.8) is 0 Å². The van der Waals surface area contributed by atoms with E-state index in [0.717, 1.165) is 0 Å². The average molecular weight is 209 g/mol. The topological polar surface area (TPSA) is 93.5 Å². The van der Waals surface area contributed by atoms with Crippen LogP contribution in [0.2, 0.25) is 0 Å². The molecule has 6 nitrogen and oxygen atoms in total. The van der Waals surface area contributed by atoms with Crippen LogP contribution in [0.1, 0.15) is 0 Å². The molecule has 0 bridgehead atoms. The average Bonchev–Trinajstić information content (AvgIpc) is 2.53. The van der Waals surface area contributed by atoms with Crippen LogP contribution >= 0.6 is 0 Å². The van der Waals surface area contributed by atoms with Gasteiger partial charge in [-0.05, 0) is 18.2 Å². The summed E-state index contributed by atoms with van der Waals surface area (Å²) in [5, 5.41) is 22.4. The van der Waals surface area contributed by atoms with Crippen molar-refractivity contribution < 1.29 is 15.1 Å². The van der Waals surface area contributed by atoms with Crippen molar-refractivity contribution >= 4 is 16.7 Å². The first-order chi connectivity index (χ1) is 7.22. The molecule has 80 valence electrons. The third-order valence-electron chi connectivity index (χ3n) is 1.97. The lowest BCUT2D eigenvalue weighted by atomic mass is 10.2. The maximum Gasteiger partial charge on any atom is 0.157 e. The van der Waals surface area contributed by atoms with Crippen LogP contribution in [0.4, 0.5) is 5.82 Å². The van der Waals surface area contributed by atoms with E-state index >= 15 is 0 Å². The number of aromatic hydroxyl groups is 1. The van der Waals surface area contributed by atoms with Crippen LogP contribution < -0.4 is 10.6 Å². The summed E-state index contributed by atoms with van der Waals surface area (Å²) in [6.45, 7) is 0.0381. The van der Waals surface area contributed by atoms with Crippen LogP contribution in [0.25, 0.3) is 10.9 Å². The van der Waals surface area contributed by atoms with E-state index in [1.807, 2.05) is 0 Å². The van der Waals surface area contributed by atoms with Crippen molar-refractivity contribution in [1.82, 2.24) is 9.94 Å². The van der Waals surface area contributed by atoms with Crippen molar-refractivity contribution in [2.24, 2.45) is 0 Å². The molecule has 4 N–H and O–H groups in total. The van der Waals surface area contributed by atoms with Gasteiger partial charge in [-0.2, -0.15) is 0 Å². The summed E-state index contributed by atoms with van der Waals surface area (Å²) in [5.74, 6) is 0.398. The third kappa shape index (κ3) is 1.66. The SMILES string of the molecule is Nc1nn(OCCO)c2ccc(O)cc12. The van der Waals surface area contributed by atoms with E-state index in [1.165, 1.54) is 17.0 Å². The molecule has 15 heavy (non-hydrogen) atoms. The molecule has 6 heteroatoms. The summed E-state index contributed by atoms with van der Waals surface area (Å²) in [7, 11) is 0. The van der Waals surface area contributed by atoms with Gasteiger partial charge in [-0.15, -0.1) is 5.10 Å². The molecule has 0 aliphatic heterocycles. The smallest absolute Gasteiger partial charge is 0.157 e. The van der Waals surface area contributed by atoms with Gasteiger partial charge >= 0.3 is 0 Å². The number of phenols is 1. The molecule has 0 radical (unpaired) electrons. The molecule has 1 aromatic heterocycles. The summed E-state index contributed by atoms with van der Waals surface area (Å²) in [5.41, 5.74) is 6.28. The number of benzene rings is 1. The predicted molar refractivity (Wildman–Crippen MR) is 54.3 cm³/mol. The molecule has 0 aliphatic carbocycles. The van der Waals surface area contributed by atoms with E-state index in [1.54, 1.807) is 6.07 Å². The van der Waals surface area contributed by atoms with Crippen LogP contribution in [0.15, 0.2) is 18.2 Å². The van der Waals surface area contributed by atoms with Crippen LogP contribution in [-0.2, 0) is 0 Å². The first-order valence-corrected chi connectivity index (χ1v) is 4.44. The minimum atomic E-state index is -0.0979. The van der Waals surface area contributed by atoms with Gasteiger partial charge in [0.05, 0.1) is 12.0 Å². The Labute approximate surface area is 85.4 Å². The Hall–Kier alpha value is -1.95. The number of aromatic nitrogens is 2. The van der Waals surface area contributed by atoms with Crippen LogP contribution in [0.5, 0.6) is 5.75 Å². The Morgan fingerprint density at radius 2 is 2.27 bits per heavy atom. The molecule has 0 saturated heterocycles. The molecule has 2 aromatic rings. The van der Waals surface area contributed by atoms with Gasteiger partial charge in [0.25, 0.3) is 0 Å². The molecular weight excluding hydrogens is 198 g/mol. The number of hydrogen-bond acceptors (Lipinski definition) is 5. The maximum atomic E-state index is 9.27. The third-order valence-corrected chi connectivity index (χ3v) is 1.97. The standard InChI is InChI=1S/C9H11N3O3/c10-9-7-5-6(14)1-2-8(7)12(11-9)15-4-3-13/h1-2,5,13-14H,3-4H2,(H2,10,11). The van der Waals surface area contributed by atoms with Gasteiger partial charge in [-0.3, -0.25) is 0 Å². The molecule has 1 aromatic carbocycles. The molecule has 0 aliphatic rings. The Bertz CT molecular complexity index is 481. The highest BCUT2D eigenvalue weighted by Gasteiger charge is 2.08. The van der Waals surface area contributed by atoms with Crippen LogP contribution in [0, 0.1) is 0 Å². The summed E-state index contributed by atoms with van der Waals surface area (Å²) in [6, 6.07) is 4.67. The highest BCUT2D eigenvalue weighted by Crippen LogP contribution is 2.23. The number of nitrogen functional groups attached to an aromatic ring is 1. The van der Waals surface area contributed by atoms with Gasteiger partial charge < -0.3 is 20.8 Å². The second-order valence-corrected chi connectivity index (χ2v) is 3.02. The molecule has 0 spiro atoms. The largest absolute Gasteiger partial charge is 0.508 e. The van der Waals surface area contributed by atoms with Gasteiger partial charge in [0.2, 0.25) is 0 Å².